The summed E-state index contributed by atoms with van der Waals surface area (Å²) in [6, 6.07) is 23.0. The minimum atomic E-state index is -4.00. The number of sulfonamides is 1. The van der Waals surface area contributed by atoms with Crippen molar-refractivity contribution in [3.8, 4) is 5.69 Å². The van der Waals surface area contributed by atoms with E-state index in [1.54, 1.807) is 36.5 Å². The van der Waals surface area contributed by atoms with Crippen LogP contribution in [0.1, 0.15) is 28.1 Å². The fourth-order valence-corrected chi connectivity index (χ4v) is 6.01. The summed E-state index contributed by atoms with van der Waals surface area (Å²) < 4.78 is 30.2. The van der Waals surface area contributed by atoms with Crippen LogP contribution < -0.4 is 9.73 Å². The van der Waals surface area contributed by atoms with Crippen molar-refractivity contribution in [2.24, 2.45) is 5.10 Å². The Morgan fingerprint density at radius 1 is 0.947 bits per heavy atom. The second-order valence-electron chi connectivity index (χ2n) is 9.11. The molecule has 1 heterocycles. The summed E-state index contributed by atoms with van der Waals surface area (Å²) in [6.07, 6.45) is 1.55. The average molecular weight is 549 g/mol. The van der Waals surface area contributed by atoms with E-state index >= 15 is 0 Å². The summed E-state index contributed by atoms with van der Waals surface area (Å²) in [5.74, 6) is -0.566. The van der Waals surface area contributed by atoms with E-state index in [0.29, 0.717) is 10.7 Å². The van der Waals surface area contributed by atoms with Gasteiger partial charge in [0.2, 0.25) is 0 Å². The third-order valence-corrected chi connectivity index (χ3v) is 8.07. The number of hydrogen-bond donors (Lipinski definition) is 1. The maximum atomic E-state index is 13.5. The number of halogens is 1. The van der Waals surface area contributed by atoms with Crippen molar-refractivity contribution < 1.29 is 13.2 Å². The number of amides is 1. The van der Waals surface area contributed by atoms with Crippen molar-refractivity contribution in [1.29, 1.82) is 0 Å². The van der Waals surface area contributed by atoms with Crippen molar-refractivity contribution in [1.82, 2.24) is 9.99 Å². The molecular weight excluding hydrogens is 520 g/mol. The second kappa shape index (κ2) is 11.2. The molecule has 1 aromatic heterocycles. The van der Waals surface area contributed by atoms with E-state index in [4.69, 9.17) is 11.6 Å². The van der Waals surface area contributed by atoms with E-state index in [9.17, 15) is 13.2 Å². The molecule has 1 amide bonds. The minimum absolute atomic E-state index is 0.101. The molecule has 4 rings (SSSR count). The van der Waals surface area contributed by atoms with Gasteiger partial charge < -0.3 is 4.57 Å². The van der Waals surface area contributed by atoms with Gasteiger partial charge in [0.25, 0.3) is 15.9 Å². The lowest BCUT2D eigenvalue weighted by molar-refractivity contribution is -0.119. The number of carbonyl (C=O) groups is 1. The zero-order chi connectivity index (χ0) is 27.4. The highest BCUT2D eigenvalue weighted by Gasteiger charge is 2.27. The second-order valence-corrected chi connectivity index (χ2v) is 11.4. The van der Waals surface area contributed by atoms with E-state index < -0.39 is 22.5 Å². The fourth-order valence-electron chi connectivity index (χ4n) is 4.40. The molecule has 7 nitrogen and oxygen atoms in total. The standard InChI is InChI=1S/C29H29ClN4O3S/c1-20-13-21(2)15-27(14-20)33(38(36,37)28-11-6-5-7-12-28)19-29(35)32-31-18-24-16-22(3)34(23(24)4)26-10-8-9-25(30)17-26/h5-18H,19H2,1-4H3,(H,32,35)/b31-18-. The molecule has 38 heavy (non-hydrogen) atoms. The van der Waals surface area contributed by atoms with Crippen LogP contribution in [-0.4, -0.2) is 31.7 Å². The number of carbonyl (C=O) groups excluding carboxylic acids is 1. The number of anilines is 1. The molecule has 4 aromatic rings. The first-order valence-electron chi connectivity index (χ1n) is 12.0. The molecule has 0 bridgehead atoms. The molecule has 1 N–H and O–H groups in total. The molecular formula is C29H29ClN4O3S. The molecule has 0 fully saturated rings. The number of aromatic nitrogens is 1. The normalized spacial score (nSPS) is 11.6. The first kappa shape index (κ1) is 27.2. The largest absolute Gasteiger partial charge is 0.318 e. The van der Waals surface area contributed by atoms with Gasteiger partial charge in [-0.25, -0.2) is 13.8 Å². The zero-order valence-corrected chi connectivity index (χ0v) is 23.2. The molecule has 0 atom stereocenters. The minimum Gasteiger partial charge on any atom is -0.318 e. The topological polar surface area (TPSA) is 83.8 Å². The van der Waals surface area contributed by atoms with Crippen LogP contribution in [0.15, 0.2) is 88.9 Å². The molecule has 3 aromatic carbocycles. The van der Waals surface area contributed by atoms with Gasteiger partial charge in [0.05, 0.1) is 16.8 Å². The van der Waals surface area contributed by atoms with Gasteiger partial charge in [0, 0.05) is 27.7 Å². The molecule has 0 aliphatic rings. The predicted octanol–water partition coefficient (Wildman–Crippen LogP) is 5.71. The molecule has 0 spiro atoms. The van der Waals surface area contributed by atoms with Gasteiger partial charge in [0.1, 0.15) is 6.54 Å². The fraction of sp³-hybridized carbons (Fsp3) is 0.172. The average Bonchev–Trinajstić information content (AvgIpc) is 3.15. The molecule has 0 saturated carbocycles. The number of benzene rings is 3. The molecule has 9 heteroatoms. The summed E-state index contributed by atoms with van der Waals surface area (Å²) in [7, 11) is -4.00. The van der Waals surface area contributed by atoms with E-state index in [0.717, 1.165) is 38.1 Å². The third kappa shape index (κ3) is 5.98. The molecule has 196 valence electrons. The number of hydrogen-bond acceptors (Lipinski definition) is 4. The molecule has 0 unspecified atom stereocenters. The maximum Gasteiger partial charge on any atom is 0.264 e. The van der Waals surface area contributed by atoms with Crippen LogP contribution >= 0.6 is 11.6 Å². The number of nitrogens with one attached hydrogen (secondary N) is 1. The SMILES string of the molecule is Cc1cc(C)cc(N(CC(=O)N/N=C\c2cc(C)n(-c3cccc(Cl)c3)c2C)S(=O)(=O)c2ccccc2)c1. The van der Waals surface area contributed by atoms with Gasteiger partial charge in [-0.05, 0) is 87.4 Å². The summed E-state index contributed by atoms with van der Waals surface area (Å²) in [5, 5.41) is 4.75. The summed E-state index contributed by atoms with van der Waals surface area (Å²) in [4.78, 5) is 13.0. The third-order valence-electron chi connectivity index (χ3n) is 6.04. The molecule has 0 aliphatic carbocycles. The van der Waals surface area contributed by atoms with Gasteiger partial charge in [0.15, 0.2) is 0 Å². The van der Waals surface area contributed by atoms with Crippen LogP contribution in [0.3, 0.4) is 0 Å². The van der Waals surface area contributed by atoms with Crippen LogP contribution in [0.25, 0.3) is 5.69 Å². The Morgan fingerprint density at radius 3 is 2.29 bits per heavy atom. The summed E-state index contributed by atoms with van der Waals surface area (Å²) in [6.45, 7) is 7.26. The lowest BCUT2D eigenvalue weighted by Gasteiger charge is -2.24. The maximum absolute atomic E-state index is 13.5. The highest BCUT2D eigenvalue weighted by atomic mass is 35.5. The van der Waals surface area contributed by atoms with E-state index in [2.05, 4.69) is 10.5 Å². The van der Waals surface area contributed by atoms with Crippen molar-refractivity contribution in [3.05, 3.63) is 112 Å². The van der Waals surface area contributed by atoms with Gasteiger partial charge in [-0.1, -0.05) is 41.9 Å². The van der Waals surface area contributed by atoms with Crippen LogP contribution in [0, 0.1) is 27.7 Å². The smallest absolute Gasteiger partial charge is 0.264 e. The molecule has 0 aliphatic heterocycles. The Kier molecular flexibility index (Phi) is 8.04. The predicted molar refractivity (Wildman–Crippen MR) is 153 cm³/mol. The highest BCUT2D eigenvalue weighted by Crippen LogP contribution is 2.26. The Bertz CT molecular complexity index is 1590. The number of aryl methyl sites for hydroxylation is 3. The number of hydrazone groups is 1. The van der Waals surface area contributed by atoms with E-state index in [1.807, 2.05) is 68.7 Å². The van der Waals surface area contributed by atoms with Crippen LogP contribution in [-0.2, 0) is 14.8 Å². The van der Waals surface area contributed by atoms with Crippen LogP contribution in [0.5, 0.6) is 0 Å². The summed E-state index contributed by atoms with van der Waals surface area (Å²) >= 11 is 6.16. The lowest BCUT2D eigenvalue weighted by atomic mass is 10.1. The Morgan fingerprint density at radius 2 is 1.63 bits per heavy atom. The zero-order valence-electron chi connectivity index (χ0n) is 21.6. The Labute approximate surface area is 228 Å². The van der Waals surface area contributed by atoms with Gasteiger partial charge in [-0.3, -0.25) is 9.10 Å². The quantitative estimate of drug-likeness (QED) is 0.226. The van der Waals surface area contributed by atoms with Crippen LogP contribution in [0.2, 0.25) is 5.02 Å². The van der Waals surface area contributed by atoms with E-state index in [1.165, 1.54) is 12.1 Å². The van der Waals surface area contributed by atoms with Gasteiger partial charge in [-0.2, -0.15) is 5.10 Å². The van der Waals surface area contributed by atoms with Crippen molar-refractivity contribution in [2.75, 3.05) is 10.8 Å². The molecule has 0 saturated heterocycles. The Balaban J connectivity index is 1.57. The lowest BCUT2D eigenvalue weighted by Crippen LogP contribution is -2.39. The van der Waals surface area contributed by atoms with Crippen molar-refractivity contribution in [3.63, 3.8) is 0 Å². The highest BCUT2D eigenvalue weighted by molar-refractivity contribution is 7.92. The first-order valence-corrected chi connectivity index (χ1v) is 13.8. The number of nitrogens with zero attached hydrogens (tertiary/aromatic N) is 3. The van der Waals surface area contributed by atoms with Crippen LogP contribution in [0.4, 0.5) is 5.69 Å². The monoisotopic (exact) mass is 548 g/mol. The van der Waals surface area contributed by atoms with Gasteiger partial charge in [-0.15, -0.1) is 0 Å². The van der Waals surface area contributed by atoms with Gasteiger partial charge >= 0.3 is 0 Å². The summed E-state index contributed by atoms with van der Waals surface area (Å²) in [5.41, 5.74) is 8.31. The van der Waals surface area contributed by atoms with Crippen molar-refractivity contribution in [2.45, 2.75) is 32.6 Å². The molecule has 0 radical (unpaired) electrons. The number of rotatable bonds is 8. The Hall–Kier alpha value is -3.88. The van der Waals surface area contributed by atoms with Crippen molar-refractivity contribution >= 4 is 39.4 Å². The van der Waals surface area contributed by atoms with E-state index in [-0.39, 0.29) is 4.90 Å². The first-order chi connectivity index (χ1) is 18.1.